The van der Waals surface area contributed by atoms with E-state index in [1.54, 1.807) is 36.4 Å². The summed E-state index contributed by atoms with van der Waals surface area (Å²) in [7, 11) is 0. The second-order valence-corrected chi connectivity index (χ2v) is 10.3. The average molecular weight is 478 g/mol. The number of nitro benzene ring substituents is 1. The number of hydrogen-bond acceptors (Lipinski definition) is 6. The van der Waals surface area contributed by atoms with Crippen molar-refractivity contribution in [3.8, 4) is 0 Å². The highest BCUT2D eigenvalue weighted by molar-refractivity contribution is 7.07. The number of Topliss-reactive ketones (excluding diaryl/α,β-unsaturated/α-hetero) is 1. The maximum absolute atomic E-state index is 13.6. The van der Waals surface area contributed by atoms with Gasteiger partial charge in [0.2, 0.25) is 0 Å². The van der Waals surface area contributed by atoms with Crippen molar-refractivity contribution >= 4 is 28.9 Å². The zero-order valence-corrected chi connectivity index (χ0v) is 19.3. The van der Waals surface area contributed by atoms with Crippen LogP contribution in [0, 0.1) is 21.3 Å². The number of carbonyl (C=O) groups excluding carboxylic acids is 1. The summed E-state index contributed by atoms with van der Waals surface area (Å²) in [6.45, 7) is 3.96. The molecule has 7 nitrogen and oxygen atoms in total. The number of carbonyl (C=O) groups is 1. The van der Waals surface area contributed by atoms with Crippen molar-refractivity contribution in [1.29, 1.82) is 0 Å². The third kappa shape index (κ3) is 3.71. The zero-order chi connectivity index (χ0) is 24.2. The minimum absolute atomic E-state index is 0.160. The van der Waals surface area contributed by atoms with Gasteiger partial charge in [0, 0.05) is 18.1 Å². The van der Waals surface area contributed by atoms with Gasteiger partial charge in [0.25, 0.3) is 11.2 Å². The maximum atomic E-state index is 13.6. The number of hydrogen-bond donors (Lipinski definition) is 0. The molecule has 34 heavy (non-hydrogen) atoms. The van der Waals surface area contributed by atoms with Gasteiger partial charge in [-0.25, -0.2) is 9.38 Å². The molecule has 2 heterocycles. The normalized spacial score (nSPS) is 19.4. The summed E-state index contributed by atoms with van der Waals surface area (Å²) in [6.07, 6.45) is 2.42. The molecule has 9 heteroatoms. The molecule has 0 N–H and O–H groups in total. The fraction of sp³-hybridized carbons (Fsp3) is 0.240. The van der Waals surface area contributed by atoms with Crippen molar-refractivity contribution in [3.63, 3.8) is 0 Å². The van der Waals surface area contributed by atoms with Crippen molar-refractivity contribution in [2.45, 2.75) is 32.7 Å². The number of para-hydroxylation sites is 1. The molecule has 3 aromatic rings. The molecule has 0 amide bonds. The first-order chi connectivity index (χ1) is 16.1. The molecule has 0 spiro atoms. The second-order valence-electron chi connectivity index (χ2n) is 9.25. The van der Waals surface area contributed by atoms with Crippen LogP contribution < -0.4 is 14.9 Å². The van der Waals surface area contributed by atoms with Crippen LogP contribution in [0.3, 0.4) is 0 Å². The Morgan fingerprint density at radius 2 is 1.85 bits per heavy atom. The molecule has 2 aliphatic rings. The van der Waals surface area contributed by atoms with Crippen LogP contribution in [0.2, 0.25) is 0 Å². The number of nitro groups is 1. The number of ketones is 1. The molecule has 0 radical (unpaired) electrons. The van der Waals surface area contributed by atoms with Gasteiger partial charge < -0.3 is 0 Å². The van der Waals surface area contributed by atoms with Crippen LogP contribution in [0.4, 0.5) is 10.1 Å². The van der Waals surface area contributed by atoms with Gasteiger partial charge in [-0.15, -0.1) is 0 Å². The lowest BCUT2D eigenvalue weighted by Crippen LogP contribution is -2.42. The molecule has 1 aliphatic heterocycles. The summed E-state index contributed by atoms with van der Waals surface area (Å²) < 4.78 is 15.1. The molecule has 172 valence electrons. The second kappa shape index (κ2) is 7.95. The number of halogens is 1. The highest BCUT2D eigenvalue weighted by atomic mass is 32.1. The van der Waals surface area contributed by atoms with Crippen LogP contribution >= 0.6 is 11.3 Å². The molecule has 0 saturated heterocycles. The topological polar surface area (TPSA) is 94.6 Å². The minimum Gasteiger partial charge on any atom is -0.294 e. The van der Waals surface area contributed by atoms with E-state index in [1.165, 1.54) is 22.8 Å². The molecule has 0 fully saturated rings. The number of benzene rings is 2. The Kier molecular flexibility index (Phi) is 5.16. The van der Waals surface area contributed by atoms with Crippen molar-refractivity contribution in [3.05, 3.63) is 107 Å². The van der Waals surface area contributed by atoms with E-state index in [4.69, 9.17) is 4.99 Å². The van der Waals surface area contributed by atoms with Crippen LogP contribution in [0.1, 0.15) is 43.9 Å². The van der Waals surface area contributed by atoms with Gasteiger partial charge in [0.15, 0.2) is 10.6 Å². The molecular weight excluding hydrogens is 457 g/mol. The SMILES string of the molecule is CC1(C)CC(=O)C2=C(C1)N=c1sc(=Cc3ccc(F)cc3)c(=O)n1C2c1ccccc1[N+](=O)[O-]. The Labute approximate surface area is 197 Å². The number of aromatic nitrogens is 1. The summed E-state index contributed by atoms with van der Waals surface area (Å²) in [4.78, 5) is 43.3. The Balaban J connectivity index is 1.81. The van der Waals surface area contributed by atoms with E-state index in [9.17, 15) is 24.1 Å². The van der Waals surface area contributed by atoms with Crippen molar-refractivity contribution in [1.82, 2.24) is 4.57 Å². The molecule has 0 saturated carbocycles. The predicted octanol–water partition coefficient (Wildman–Crippen LogP) is 3.65. The van der Waals surface area contributed by atoms with E-state index in [2.05, 4.69) is 0 Å². The van der Waals surface area contributed by atoms with Gasteiger partial charge in [0.05, 0.1) is 20.7 Å². The van der Waals surface area contributed by atoms with E-state index in [-0.39, 0.29) is 34.7 Å². The average Bonchev–Trinajstić information content (AvgIpc) is 3.07. The Bertz CT molecular complexity index is 1560. The lowest BCUT2D eigenvalue weighted by molar-refractivity contribution is -0.385. The molecule has 1 aliphatic carbocycles. The Hall–Kier alpha value is -3.72. The fourth-order valence-corrected chi connectivity index (χ4v) is 5.66. The zero-order valence-electron chi connectivity index (χ0n) is 18.4. The van der Waals surface area contributed by atoms with Gasteiger partial charge in [-0.05, 0) is 41.7 Å². The minimum atomic E-state index is -0.938. The summed E-state index contributed by atoms with van der Waals surface area (Å²) in [5.74, 6) is -0.547. The largest absolute Gasteiger partial charge is 0.294 e. The highest BCUT2D eigenvalue weighted by Crippen LogP contribution is 2.44. The van der Waals surface area contributed by atoms with Crippen molar-refractivity contribution in [2.24, 2.45) is 10.4 Å². The lowest BCUT2D eigenvalue weighted by atomic mass is 9.73. The van der Waals surface area contributed by atoms with E-state index in [0.29, 0.717) is 32.6 Å². The molecule has 0 bridgehead atoms. The lowest BCUT2D eigenvalue weighted by Gasteiger charge is -2.35. The molecule has 2 aromatic carbocycles. The van der Waals surface area contributed by atoms with E-state index < -0.39 is 16.5 Å². The monoisotopic (exact) mass is 477 g/mol. The van der Waals surface area contributed by atoms with E-state index >= 15 is 0 Å². The summed E-state index contributed by atoms with van der Waals surface area (Å²) in [5.41, 5.74) is 0.947. The van der Waals surface area contributed by atoms with Gasteiger partial charge in [-0.2, -0.15) is 0 Å². The molecule has 1 atom stereocenters. The van der Waals surface area contributed by atoms with Gasteiger partial charge >= 0.3 is 0 Å². The smallest absolute Gasteiger partial charge is 0.275 e. The van der Waals surface area contributed by atoms with Crippen LogP contribution in [0.15, 0.2) is 69.6 Å². The Morgan fingerprint density at radius 3 is 2.56 bits per heavy atom. The fourth-order valence-electron chi connectivity index (χ4n) is 4.64. The van der Waals surface area contributed by atoms with Crippen LogP contribution in [0.5, 0.6) is 0 Å². The van der Waals surface area contributed by atoms with Crippen LogP contribution in [-0.4, -0.2) is 15.3 Å². The van der Waals surface area contributed by atoms with Gasteiger partial charge in [-0.1, -0.05) is 49.4 Å². The van der Waals surface area contributed by atoms with E-state index in [1.807, 2.05) is 13.8 Å². The summed E-state index contributed by atoms with van der Waals surface area (Å²) >= 11 is 1.15. The number of rotatable bonds is 3. The van der Waals surface area contributed by atoms with Crippen LogP contribution in [-0.2, 0) is 4.79 Å². The first-order valence-electron chi connectivity index (χ1n) is 10.7. The van der Waals surface area contributed by atoms with Crippen molar-refractivity contribution in [2.75, 3.05) is 0 Å². The third-order valence-corrected chi connectivity index (χ3v) is 7.07. The third-order valence-electron chi connectivity index (χ3n) is 6.09. The van der Waals surface area contributed by atoms with Crippen LogP contribution in [0.25, 0.3) is 6.08 Å². The molecule has 1 aromatic heterocycles. The number of thiazole rings is 1. The Morgan fingerprint density at radius 1 is 1.15 bits per heavy atom. The quantitative estimate of drug-likeness (QED) is 0.425. The van der Waals surface area contributed by atoms with Gasteiger partial charge in [0.1, 0.15) is 11.9 Å². The molecule has 1 unspecified atom stereocenters. The van der Waals surface area contributed by atoms with E-state index in [0.717, 1.165) is 11.3 Å². The predicted molar refractivity (Wildman–Crippen MR) is 126 cm³/mol. The summed E-state index contributed by atoms with van der Waals surface area (Å²) in [5, 5.41) is 11.8. The number of allylic oxidation sites excluding steroid dienone is 2. The standard InChI is InChI=1S/C25H20FN3O4S/c1-25(2)12-17-21(19(30)13-25)22(16-5-3-4-6-18(16)29(32)33)28-23(31)20(34-24(28)27-17)11-14-7-9-15(26)10-8-14/h3-11,22H,12-13H2,1-2H3. The molecule has 5 rings (SSSR count). The first kappa shape index (κ1) is 22.1. The first-order valence-corrected chi connectivity index (χ1v) is 11.5. The van der Waals surface area contributed by atoms with Crippen molar-refractivity contribution < 1.29 is 14.1 Å². The number of fused-ring (bicyclic) bond motifs is 1. The number of nitrogens with zero attached hydrogens (tertiary/aromatic N) is 3. The molecular formula is C25H20FN3O4S. The van der Waals surface area contributed by atoms with Gasteiger partial charge in [-0.3, -0.25) is 24.3 Å². The maximum Gasteiger partial charge on any atom is 0.275 e. The highest BCUT2D eigenvalue weighted by Gasteiger charge is 2.42. The summed E-state index contributed by atoms with van der Waals surface area (Å²) in [6, 6.07) is 11.0.